The molecule has 0 aliphatic carbocycles. The lowest BCUT2D eigenvalue weighted by molar-refractivity contribution is -0.136. The molecule has 0 saturated carbocycles. The number of carbonyl (C=O) groups excluding carboxylic acids is 6. The number of hydrogen-bond donors (Lipinski definition) is 9. The lowest BCUT2D eigenvalue weighted by Crippen LogP contribution is -2.51. The molecule has 10 N–H and O–H groups in total. The molecule has 4 atom stereocenters. The Hall–Kier alpha value is -9.23. The Balaban J connectivity index is 0.000000223. The molecule has 0 radical (unpaired) electrons. The van der Waals surface area contributed by atoms with Crippen LogP contribution < -0.4 is 41.2 Å². The van der Waals surface area contributed by atoms with Gasteiger partial charge in [-0.15, -0.1) is 0 Å². The second kappa shape index (κ2) is 27.4. The Morgan fingerprint density at radius 1 is 0.675 bits per heavy atom. The molecule has 424 valence electrons. The number of H-pyrrole nitrogens is 2. The summed E-state index contributed by atoms with van der Waals surface area (Å²) in [5.41, 5.74) is 7.03. The number of aromatic nitrogens is 4. The second-order valence-corrected chi connectivity index (χ2v) is 19.2. The number of aromatic amines is 2. The zero-order chi connectivity index (χ0) is 58.3. The molecule has 2 fully saturated rings. The summed E-state index contributed by atoms with van der Waals surface area (Å²) in [4.78, 5) is 87.5. The van der Waals surface area contributed by atoms with Crippen LogP contribution in [0.15, 0.2) is 97.6 Å². The number of amides is 4. The van der Waals surface area contributed by atoms with Crippen molar-refractivity contribution in [1.29, 1.82) is 0 Å². The smallest absolute Gasteiger partial charge is 0.410 e. The summed E-state index contributed by atoms with van der Waals surface area (Å²) in [6.45, 7) is 8.75. The van der Waals surface area contributed by atoms with Crippen molar-refractivity contribution in [3.05, 3.63) is 154 Å². The number of carboxylic acid groups (broad SMARTS) is 1. The predicted octanol–water partition coefficient (Wildman–Crippen LogP) is 4.10. The molecule has 25 heteroatoms. The standard InChI is InChI=1S/C26H32FN3O6.C24H24FN5O5.C5H6N2O2/c1-6-35-19-11-12-20(34-5)22(27)21(19)23(31)15-7-9-16(10-8-15)24(32)29-18-14-30(13-17(18)28)25(33)36-26(2,3)4;1-35-19-7-6-18(31)21(22(19)25)23(33)14-2-4-15(5-3-14)24(34)30-17-12-26-11-16(17)29-20(32)8-13-9-27-28-10-13;8-5(9)1-4-2-6-7-3-4/h7-12,17-18H,6,13-14,28H2,1-5H3,(H,29,32);2-7,9-10,16-17,26,31H,8,11-12H2,1H3,(H,27,28)(H,29,32)(H,30,34);2-3H,1H2,(H,6,7)(H,8,9)/t17-,18-;16-,17-;/m11./s1. The number of benzene rings is 4. The van der Waals surface area contributed by atoms with Crippen LogP contribution in [0.4, 0.5) is 13.6 Å². The quantitative estimate of drug-likeness (QED) is 0.0581. The fourth-order valence-electron chi connectivity index (χ4n) is 8.25. The molecule has 8 rings (SSSR count). The van der Waals surface area contributed by atoms with Crippen molar-refractivity contribution in [2.75, 3.05) is 47.0 Å². The number of carbonyl (C=O) groups is 7. The number of ketones is 2. The average molecular weight is 1110 g/mol. The van der Waals surface area contributed by atoms with Crippen LogP contribution >= 0.6 is 0 Å². The van der Waals surface area contributed by atoms with Gasteiger partial charge in [-0.25, -0.2) is 13.6 Å². The van der Waals surface area contributed by atoms with Gasteiger partial charge in [0.25, 0.3) is 11.8 Å². The van der Waals surface area contributed by atoms with Gasteiger partial charge in [-0.2, -0.15) is 10.2 Å². The number of hydrogen-bond acceptors (Lipinski definition) is 16. The highest BCUT2D eigenvalue weighted by Crippen LogP contribution is 2.32. The summed E-state index contributed by atoms with van der Waals surface area (Å²) in [6.07, 6.45) is 5.99. The van der Waals surface area contributed by atoms with E-state index in [2.05, 4.69) is 41.7 Å². The summed E-state index contributed by atoms with van der Waals surface area (Å²) >= 11 is 0. The van der Waals surface area contributed by atoms with Crippen molar-refractivity contribution in [3.8, 4) is 23.0 Å². The van der Waals surface area contributed by atoms with Crippen LogP contribution in [0.5, 0.6) is 23.0 Å². The van der Waals surface area contributed by atoms with Crippen LogP contribution in [-0.4, -0.2) is 154 Å². The number of aliphatic carboxylic acids is 1. The van der Waals surface area contributed by atoms with E-state index >= 15 is 0 Å². The Morgan fingerprint density at radius 3 is 1.65 bits per heavy atom. The van der Waals surface area contributed by atoms with Crippen LogP contribution in [-0.2, 0) is 27.2 Å². The molecule has 80 heavy (non-hydrogen) atoms. The molecule has 2 saturated heterocycles. The van der Waals surface area contributed by atoms with Crippen molar-refractivity contribution in [3.63, 3.8) is 0 Å². The average Bonchev–Trinajstić information content (AvgIpc) is 4.30. The number of nitrogens with zero attached hydrogens (tertiary/aromatic N) is 3. The maximum Gasteiger partial charge on any atom is 0.410 e. The van der Waals surface area contributed by atoms with Crippen molar-refractivity contribution < 1.29 is 71.5 Å². The fraction of sp³-hybridized carbons (Fsp3) is 0.327. The molecule has 4 aromatic carbocycles. The molecule has 23 nitrogen and oxygen atoms in total. The first kappa shape index (κ1) is 60.0. The topological polar surface area (TPSA) is 332 Å². The Morgan fingerprint density at radius 2 is 1.15 bits per heavy atom. The van der Waals surface area contributed by atoms with Gasteiger partial charge in [0.2, 0.25) is 5.91 Å². The monoisotopic (exact) mass is 1110 g/mol. The first-order chi connectivity index (χ1) is 38.1. The zero-order valence-electron chi connectivity index (χ0n) is 44.6. The maximum absolute atomic E-state index is 14.9. The Bertz CT molecular complexity index is 3140. The minimum absolute atomic E-state index is 0.0382. The fourth-order valence-corrected chi connectivity index (χ4v) is 8.25. The molecule has 2 aliphatic rings. The van der Waals surface area contributed by atoms with Crippen LogP contribution in [0.1, 0.15) is 91.4 Å². The van der Waals surface area contributed by atoms with Gasteiger partial charge in [-0.3, -0.25) is 39.0 Å². The highest BCUT2D eigenvalue weighted by atomic mass is 19.1. The molecule has 4 amide bonds. The minimum Gasteiger partial charge on any atom is -0.507 e. The third kappa shape index (κ3) is 15.9. The number of likely N-dealkylation sites (tertiary alicyclic amines) is 1. The summed E-state index contributed by atoms with van der Waals surface area (Å²) in [5.74, 6) is -5.60. The number of ether oxygens (including phenoxy) is 4. The van der Waals surface area contributed by atoms with E-state index < -0.39 is 70.2 Å². The number of phenols is 1. The Labute approximate surface area is 457 Å². The summed E-state index contributed by atoms with van der Waals surface area (Å²) in [5, 5.41) is 42.6. The number of halogens is 2. The third-order valence-corrected chi connectivity index (χ3v) is 12.2. The maximum atomic E-state index is 14.9. The van der Waals surface area contributed by atoms with Gasteiger partial charge in [0.15, 0.2) is 34.7 Å². The van der Waals surface area contributed by atoms with E-state index in [9.17, 15) is 47.4 Å². The van der Waals surface area contributed by atoms with Gasteiger partial charge in [0.05, 0.1) is 64.2 Å². The summed E-state index contributed by atoms with van der Waals surface area (Å²) in [7, 11) is 2.57. The van der Waals surface area contributed by atoms with E-state index in [1.165, 1.54) is 98.1 Å². The molecular weight excluding hydrogens is 1050 g/mol. The van der Waals surface area contributed by atoms with Gasteiger partial charge in [0, 0.05) is 72.4 Å². The normalized spacial score (nSPS) is 16.4. The van der Waals surface area contributed by atoms with Gasteiger partial charge < -0.3 is 61.1 Å². The molecule has 6 aromatic rings. The van der Waals surface area contributed by atoms with Crippen molar-refractivity contribution >= 4 is 41.4 Å². The number of rotatable bonds is 17. The number of aromatic hydroxyl groups is 1. The molecule has 2 aliphatic heterocycles. The largest absolute Gasteiger partial charge is 0.507 e. The number of methoxy groups -OCH3 is 2. The van der Waals surface area contributed by atoms with Crippen LogP contribution in [0, 0.1) is 11.6 Å². The van der Waals surface area contributed by atoms with Gasteiger partial charge in [0.1, 0.15) is 28.2 Å². The van der Waals surface area contributed by atoms with Crippen LogP contribution in [0.2, 0.25) is 0 Å². The van der Waals surface area contributed by atoms with Gasteiger partial charge in [-0.05, 0) is 81.8 Å². The first-order valence-corrected chi connectivity index (χ1v) is 25.0. The van der Waals surface area contributed by atoms with E-state index in [0.717, 1.165) is 5.56 Å². The predicted molar refractivity (Wildman–Crippen MR) is 284 cm³/mol. The van der Waals surface area contributed by atoms with E-state index in [1.54, 1.807) is 46.3 Å². The second-order valence-electron chi connectivity index (χ2n) is 19.2. The Kier molecular flexibility index (Phi) is 20.5. The summed E-state index contributed by atoms with van der Waals surface area (Å²) in [6, 6.07) is 15.2. The lowest BCUT2D eigenvalue weighted by Gasteiger charge is -2.24. The number of nitrogens with two attached hydrogens (primary N) is 1. The molecule has 0 spiro atoms. The van der Waals surface area contributed by atoms with Crippen molar-refractivity contribution in [2.45, 2.75) is 70.3 Å². The van der Waals surface area contributed by atoms with Crippen molar-refractivity contribution in [1.82, 2.24) is 46.6 Å². The van der Waals surface area contributed by atoms with E-state index in [4.69, 9.17) is 29.8 Å². The first-order valence-electron chi connectivity index (χ1n) is 25.0. The molecule has 4 heterocycles. The highest BCUT2D eigenvalue weighted by Gasteiger charge is 2.37. The molecule has 2 aromatic heterocycles. The van der Waals surface area contributed by atoms with Crippen LogP contribution in [0.25, 0.3) is 0 Å². The summed E-state index contributed by atoms with van der Waals surface area (Å²) < 4.78 is 50.1. The van der Waals surface area contributed by atoms with Crippen LogP contribution in [0.3, 0.4) is 0 Å². The minimum atomic E-state index is -0.964. The zero-order valence-corrected chi connectivity index (χ0v) is 44.6. The third-order valence-electron chi connectivity index (χ3n) is 12.2. The molecule has 0 unspecified atom stereocenters. The van der Waals surface area contributed by atoms with E-state index in [-0.39, 0.29) is 102 Å². The van der Waals surface area contributed by atoms with Gasteiger partial charge >= 0.3 is 12.1 Å². The van der Waals surface area contributed by atoms with E-state index in [0.29, 0.717) is 18.7 Å². The van der Waals surface area contributed by atoms with Crippen molar-refractivity contribution in [2.24, 2.45) is 5.73 Å². The highest BCUT2D eigenvalue weighted by molar-refractivity contribution is 6.12. The lowest BCUT2D eigenvalue weighted by atomic mass is 10.00. The van der Waals surface area contributed by atoms with E-state index in [1.807, 2.05) is 0 Å². The SMILES string of the molecule is CCOc1ccc(OC)c(F)c1C(=O)c1ccc(C(=O)N[C@@H]2CN(C(=O)OC(C)(C)C)C[C@H]2N)cc1.COc1ccc(O)c(C(=O)c2ccc(C(=O)N[C@@H]3CNC[C@H]3NC(=O)Cc3cn[nH]c3)cc2)c1F.O=C(O)Cc1cn[nH]c1. The van der Waals surface area contributed by atoms with Gasteiger partial charge in [-0.1, -0.05) is 24.3 Å². The number of carboxylic acids is 1. The number of phenolic OH excluding ortho intramolecular Hbond substituents is 1. The molecule has 0 bridgehead atoms. The molecular formula is C55H62F2N10O13. The number of nitrogens with one attached hydrogen (secondary N) is 6.